The van der Waals surface area contributed by atoms with Gasteiger partial charge in [-0.15, -0.1) is 0 Å². The van der Waals surface area contributed by atoms with E-state index in [-0.39, 0.29) is 12.0 Å². The molecule has 2 fully saturated rings. The Kier molecular flexibility index (Phi) is 30.7. The summed E-state index contributed by atoms with van der Waals surface area (Å²) in [5.41, 5.74) is 3.44. The molecular weight excluding hydrogens is 709 g/mol. The Bertz CT molecular complexity index is 1270. The van der Waals surface area contributed by atoms with Crippen LogP contribution in [0.1, 0.15) is 171 Å². The minimum atomic E-state index is -0.523. The molecule has 1 saturated carbocycles. The third-order valence-electron chi connectivity index (χ3n) is 10.2. The van der Waals surface area contributed by atoms with E-state index in [0.717, 1.165) is 73.9 Å². The van der Waals surface area contributed by atoms with Crippen molar-refractivity contribution < 1.29 is 14.6 Å². The number of carbonyl (C=O) groups is 1. The van der Waals surface area contributed by atoms with Gasteiger partial charge in [-0.3, -0.25) is 4.79 Å². The van der Waals surface area contributed by atoms with Crippen LogP contribution in [0.25, 0.3) is 0 Å². The molecule has 1 aliphatic carbocycles. The number of hydrogen-bond donors (Lipinski definition) is 1. The second kappa shape index (κ2) is 32.3. The Morgan fingerprint density at radius 3 is 1.88 bits per heavy atom. The van der Waals surface area contributed by atoms with Crippen molar-refractivity contribution in [3.8, 4) is 5.75 Å². The zero-order valence-corrected chi connectivity index (χ0v) is 39.1. The molecule has 0 aromatic heterocycles. The third-order valence-corrected chi connectivity index (χ3v) is 11.3. The number of unbranched alkanes of at least 4 members (excludes halogenated alkanes) is 2. The van der Waals surface area contributed by atoms with E-state index in [1.807, 2.05) is 33.8 Å². The Morgan fingerprint density at radius 1 is 0.875 bits per heavy atom. The molecule has 2 aliphatic heterocycles. The molecule has 2 aromatic rings. The number of hydrogen-bond acceptors (Lipinski definition) is 5. The van der Waals surface area contributed by atoms with Crippen LogP contribution in [-0.2, 0) is 11.2 Å². The van der Waals surface area contributed by atoms with Crippen LogP contribution in [0.2, 0.25) is 0 Å². The Morgan fingerprint density at radius 2 is 1.43 bits per heavy atom. The number of ether oxygens (including phenoxy) is 1. The molecule has 0 bridgehead atoms. The van der Waals surface area contributed by atoms with Gasteiger partial charge in [-0.1, -0.05) is 159 Å². The fourth-order valence-corrected chi connectivity index (χ4v) is 7.79. The second-order valence-corrected chi connectivity index (χ2v) is 16.5. The summed E-state index contributed by atoms with van der Waals surface area (Å²) < 4.78 is 8.84. The number of aliphatic hydroxyl groups is 1. The highest BCUT2D eigenvalue weighted by Gasteiger charge is 2.37. The SMILES string of the molecule is C=CC=C.CC.CC.CCC(C)C.CCCCC.CCc1ccc(N(CC(C)C)Sc2ccc3c(c2)C(O)CC(C2CCN(C(=O)C4CCCC4)CC2)O3)cc1. The van der Waals surface area contributed by atoms with Crippen LogP contribution in [0.3, 0.4) is 0 Å². The number of benzene rings is 2. The van der Waals surface area contributed by atoms with E-state index >= 15 is 0 Å². The van der Waals surface area contributed by atoms with E-state index in [1.165, 1.54) is 49.8 Å². The van der Waals surface area contributed by atoms with Crippen LogP contribution in [-0.4, -0.2) is 41.7 Å². The summed E-state index contributed by atoms with van der Waals surface area (Å²) in [5.74, 6) is 3.23. The van der Waals surface area contributed by atoms with Gasteiger partial charge in [-0.25, -0.2) is 0 Å². The minimum absolute atomic E-state index is 0.00857. The lowest BCUT2D eigenvalue weighted by Gasteiger charge is -2.40. The number of likely N-dealkylation sites (tertiary alicyclic amines) is 1. The Hall–Kier alpha value is -2.70. The lowest BCUT2D eigenvalue weighted by molar-refractivity contribution is -0.137. The molecule has 0 radical (unpaired) electrons. The molecule has 2 heterocycles. The summed E-state index contributed by atoms with van der Waals surface area (Å²) in [6, 6.07) is 15.1. The molecule has 1 saturated heterocycles. The van der Waals surface area contributed by atoms with Crippen LogP contribution in [0.5, 0.6) is 5.75 Å². The molecule has 0 spiro atoms. The topological polar surface area (TPSA) is 53.0 Å². The quantitative estimate of drug-likeness (QED) is 0.171. The fraction of sp³-hybridized carbons (Fsp3) is 0.660. The van der Waals surface area contributed by atoms with Crippen LogP contribution in [0.15, 0.2) is 72.7 Å². The van der Waals surface area contributed by atoms with E-state index < -0.39 is 6.10 Å². The largest absolute Gasteiger partial charge is 0.490 e. The molecule has 5 rings (SSSR count). The number of piperidine rings is 1. The molecule has 320 valence electrons. The smallest absolute Gasteiger partial charge is 0.225 e. The molecular formula is C50H86N2O3S. The number of amides is 1. The van der Waals surface area contributed by atoms with Gasteiger partial charge in [0.1, 0.15) is 11.9 Å². The monoisotopic (exact) mass is 795 g/mol. The van der Waals surface area contributed by atoms with E-state index in [2.05, 4.69) is 114 Å². The number of aliphatic hydroxyl groups excluding tert-OH is 1. The van der Waals surface area contributed by atoms with Crippen LogP contribution < -0.4 is 9.04 Å². The van der Waals surface area contributed by atoms with Crippen molar-refractivity contribution in [1.82, 2.24) is 4.90 Å². The summed E-state index contributed by atoms with van der Waals surface area (Å²) >= 11 is 1.73. The lowest BCUT2D eigenvalue weighted by Crippen LogP contribution is -2.45. The molecule has 6 heteroatoms. The molecule has 2 aromatic carbocycles. The first kappa shape index (κ1) is 53.3. The normalized spacial score (nSPS) is 17.4. The first-order chi connectivity index (χ1) is 27.0. The van der Waals surface area contributed by atoms with E-state index in [0.29, 0.717) is 24.2 Å². The molecule has 56 heavy (non-hydrogen) atoms. The van der Waals surface area contributed by atoms with Crippen LogP contribution in [0.4, 0.5) is 5.69 Å². The van der Waals surface area contributed by atoms with Crippen molar-refractivity contribution in [1.29, 1.82) is 0 Å². The van der Waals surface area contributed by atoms with E-state index in [1.54, 1.807) is 24.1 Å². The van der Waals surface area contributed by atoms with Gasteiger partial charge in [0.15, 0.2) is 0 Å². The van der Waals surface area contributed by atoms with Crippen molar-refractivity contribution >= 4 is 23.5 Å². The highest BCUT2D eigenvalue weighted by atomic mass is 32.2. The number of aryl methyl sites for hydroxylation is 1. The van der Waals surface area contributed by atoms with Gasteiger partial charge >= 0.3 is 0 Å². The molecule has 2 atom stereocenters. The average Bonchev–Trinajstić information content (AvgIpc) is 3.78. The molecule has 1 amide bonds. The van der Waals surface area contributed by atoms with Crippen molar-refractivity contribution in [2.75, 3.05) is 23.9 Å². The number of anilines is 1. The van der Waals surface area contributed by atoms with Gasteiger partial charge in [-0.05, 0) is 97.7 Å². The second-order valence-electron chi connectivity index (χ2n) is 15.4. The highest BCUT2D eigenvalue weighted by molar-refractivity contribution is 8.00. The maximum atomic E-state index is 12.8. The zero-order chi connectivity index (χ0) is 42.5. The molecule has 3 aliphatic rings. The van der Waals surface area contributed by atoms with Crippen molar-refractivity contribution in [2.45, 2.75) is 177 Å². The maximum absolute atomic E-state index is 12.8. The summed E-state index contributed by atoms with van der Waals surface area (Å²) in [6.07, 6.45) is 16.2. The third kappa shape index (κ3) is 20.1. The summed E-state index contributed by atoms with van der Waals surface area (Å²) in [6.45, 7) is 35.0. The summed E-state index contributed by atoms with van der Waals surface area (Å²) in [7, 11) is 0. The lowest BCUT2D eigenvalue weighted by atomic mass is 9.85. The number of fused-ring (bicyclic) bond motifs is 1. The standard InChI is InChI=1S/C32H44N2O3S.2C5H12.C4H6.2C2H6/c1-4-23-9-11-26(12-10-23)34(21-22(2)3)38-27-13-14-30-28(19-27)29(35)20-31(37-30)24-15-17-33(18-16-24)32(36)25-7-5-6-8-25;1-4-5(2)3;1-3-5-4-2;1-3-4-2;2*1-2/h9-14,19,22,24-25,29,31,35H,4-8,15-18,20-21H2,1-3H3;5H,4H2,1-3H3;3-5H2,1-2H3;3-4H,1-2H2;2*1-2H3. The minimum Gasteiger partial charge on any atom is -0.490 e. The molecule has 2 unspecified atom stereocenters. The molecule has 5 nitrogen and oxygen atoms in total. The number of nitrogens with zero attached hydrogens (tertiary/aromatic N) is 2. The van der Waals surface area contributed by atoms with Gasteiger partial charge in [-0.2, -0.15) is 0 Å². The maximum Gasteiger partial charge on any atom is 0.225 e. The average molecular weight is 795 g/mol. The van der Waals surface area contributed by atoms with Crippen LogP contribution >= 0.6 is 11.9 Å². The first-order valence-electron chi connectivity index (χ1n) is 22.6. The Balaban J connectivity index is 0.00000142. The van der Waals surface area contributed by atoms with Crippen molar-refractivity contribution in [3.05, 3.63) is 78.9 Å². The van der Waals surface area contributed by atoms with Gasteiger partial charge in [0.05, 0.1) is 6.10 Å². The molecule has 1 N–H and O–H groups in total. The van der Waals surface area contributed by atoms with Gasteiger partial charge in [0.25, 0.3) is 0 Å². The first-order valence-corrected chi connectivity index (χ1v) is 23.3. The number of carbonyl (C=O) groups excluding carboxylic acids is 1. The van der Waals surface area contributed by atoms with Gasteiger partial charge in [0.2, 0.25) is 5.91 Å². The van der Waals surface area contributed by atoms with Crippen LogP contribution in [0, 0.1) is 23.7 Å². The highest BCUT2D eigenvalue weighted by Crippen LogP contribution is 2.42. The Labute approximate surface area is 351 Å². The predicted molar refractivity (Wildman–Crippen MR) is 249 cm³/mol. The van der Waals surface area contributed by atoms with Gasteiger partial charge < -0.3 is 19.0 Å². The number of allylic oxidation sites excluding steroid dienone is 2. The van der Waals surface area contributed by atoms with Crippen molar-refractivity contribution in [3.63, 3.8) is 0 Å². The predicted octanol–water partition coefficient (Wildman–Crippen LogP) is 14.7. The zero-order valence-electron chi connectivity index (χ0n) is 38.2. The van der Waals surface area contributed by atoms with Gasteiger partial charge in [0, 0.05) is 48.1 Å². The van der Waals surface area contributed by atoms with Crippen molar-refractivity contribution in [2.24, 2.45) is 23.7 Å². The summed E-state index contributed by atoms with van der Waals surface area (Å²) in [5, 5.41) is 11.2. The number of rotatable bonds is 12. The van der Waals surface area contributed by atoms with E-state index in [9.17, 15) is 9.90 Å². The summed E-state index contributed by atoms with van der Waals surface area (Å²) in [4.78, 5) is 16.0. The fourth-order valence-electron chi connectivity index (χ4n) is 6.63. The van der Waals surface area contributed by atoms with E-state index in [4.69, 9.17) is 4.74 Å².